The topological polar surface area (TPSA) is 41.9 Å². The molecule has 1 aliphatic rings. The van der Waals surface area contributed by atoms with Gasteiger partial charge in [0.1, 0.15) is 11.4 Å². The van der Waals surface area contributed by atoms with Crippen molar-refractivity contribution in [2.45, 2.75) is 6.92 Å². The molecular formula is C18H11F5N2O2. The van der Waals surface area contributed by atoms with E-state index in [2.05, 4.69) is 5.10 Å². The molecule has 0 bridgehead atoms. The maximum Gasteiger partial charge on any atom is 0.280 e. The number of amides is 1. The highest BCUT2D eigenvalue weighted by Gasteiger charge is 2.37. The van der Waals surface area contributed by atoms with Crippen molar-refractivity contribution < 1.29 is 31.5 Å². The van der Waals surface area contributed by atoms with E-state index >= 15 is 0 Å². The fourth-order valence-corrected chi connectivity index (χ4v) is 2.56. The summed E-state index contributed by atoms with van der Waals surface area (Å²) in [7, 11) is 1.41. The number of ether oxygens (including phenoxy) is 1. The van der Waals surface area contributed by atoms with Crippen LogP contribution in [0.4, 0.5) is 27.6 Å². The van der Waals surface area contributed by atoms with Crippen molar-refractivity contribution in [3.05, 3.63) is 64.5 Å². The molecule has 1 heterocycles. The summed E-state index contributed by atoms with van der Waals surface area (Å²) < 4.78 is 73.3. The van der Waals surface area contributed by atoms with E-state index in [0.29, 0.717) is 11.3 Å². The van der Waals surface area contributed by atoms with Crippen molar-refractivity contribution in [2.24, 2.45) is 5.10 Å². The first kappa shape index (κ1) is 18.6. The third-order valence-electron chi connectivity index (χ3n) is 3.90. The highest BCUT2D eigenvalue weighted by atomic mass is 19.2. The Kier molecular flexibility index (Phi) is 4.69. The van der Waals surface area contributed by atoms with Crippen LogP contribution in [0.15, 0.2) is 34.9 Å². The van der Waals surface area contributed by atoms with Gasteiger partial charge in [0.2, 0.25) is 5.82 Å². The van der Waals surface area contributed by atoms with Crippen molar-refractivity contribution in [1.82, 2.24) is 0 Å². The van der Waals surface area contributed by atoms with Crippen LogP contribution in [0.1, 0.15) is 12.5 Å². The molecule has 0 radical (unpaired) electrons. The zero-order chi connectivity index (χ0) is 19.9. The number of carbonyl (C=O) groups excluding carboxylic acids is 1. The summed E-state index contributed by atoms with van der Waals surface area (Å²) in [6.45, 7) is 1.37. The molecule has 3 rings (SSSR count). The average Bonchev–Trinajstić information content (AvgIpc) is 2.93. The Bertz CT molecular complexity index is 988. The van der Waals surface area contributed by atoms with E-state index in [9.17, 15) is 26.7 Å². The van der Waals surface area contributed by atoms with Gasteiger partial charge in [0, 0.05) is 5.56 Å². The number of anilines is 1. The van der Waals surface area contributed by atoms with Gasteiger partial charge in [-0.3, -0.25) is 4.79 Å². The molecule has 9 heteroatoms. The molecule has 0 N–H and O–H groups in total. The molecule has 0 spiro atoms. The van der Waals surface area contributed by atoms with Crippen molar-refractivity contribution in [2.75, 3.05) is 12.1 Å². The SMILES string of the molecule is COc1ccccc1/C=C1/C(=O)N(c2c(F)c(F)c(F)c(F)c2F)N=C1C. The van der Waals surface area contributed by atoms with E-state index in [-0.39, 0.29) is 16.3 Å². The Labute approximate surface area is 150 Å². The maximum atomic E-state index is 14.0. The molecule has 4 nitrogen and oxygen atoms in total. The first-order valence-corrected chi connectivity index (χ1v) is 7.54. The van der Waals surface area contributed by atoms with Crippen molar-refractivity contribution in [1.29, 1.82) is 0 Å². The second kappa shape index (κ2) is 6.82. The van der Waals surface area contributed by atoms with Crippen LogP contribution in [0.25, 0.3) is 6.08 Å². The first-order valence-electron chi connectivity index (χ1n) is 7.54. The minimum atomic E-state index is -2.31. The van der Waals surface area contributed by atoms with E-state index in [4.69, 9.17) is 4.74 Å². The summed E-state index contributed by atoms with van der Waals surface area (Å²) in [5.74, 6) is -11.5. The van der Waals surface area contributed by atoms with Gasteiger partial charge in [0.05, 0.1) is 18.4 Å². The Morgan fingerprint density at radius 3 is 2.11 bits per heavy atom. The number of methoxy groups -OCH3 is 1. The number of hydrazone groups is 1. The number of rotatable bonds is 3. The highest BCUT2D eigenvalue weighted by Crippen LogP contribution is 2.34. The predicted octanol–water partition coefficient (Wildman–Crippen LogP) is 4.20. The van der Waals surface area contributed by atoms with Crippen LogP contribution >= 0.6 is 0 Å². The van der Waals surface area contributed by atoms with Gasteiger partial charge in [-0.1, -0.05) is 18.2 Å². The number of nitrogens with zero attached hydrogens (tertiary/aromatic N) is 2. The van der Waals surface area contributed by atoms with Crippen LogP contribution in [-0.2, 0) is 4.79 Å². The van der Waals surface area contributed by atoms with Crippen molar-refractivity contribution in [3.8, 4) is 5.75 Å². The summed E-state index contributed by atoms with van der Waals surface area (Å²) >= 11 is 0. The molecule has 1 amide bonds. The molecule has 0 aromatic heterocycles. The van der Waals surface area contributed by atoms with E-state index in [0.717, 1.165) is 0 Å². The van der Waals surface area contributed by atoms with Crippen LogP contribution in [0.2, 0.25) is 0 Å². The molecule has 0 saturated carbocycles. The van der Waals surface area contributed by atoms with E-state index in [1.807, 2.05) is 0 Å². The summed E-state index contributed by atoms with van der Waals surface area (Å²) in [5, 5.41) is 3.82. The first-order chi connectivity index (χ1) is 12.8. The number of benzene rings is 2. The monoisotopic (exact) mass is 382 g/mol. The van der Waals surface area contributed by atoms with Gasteiger partial charge in [-0.05, 0) is 19.1 Å². The molecule has 0 fully saturated rings. The second-order valence-electron chi connectivity index (χ2n) is 5.52. The smallest absolute Gasteiger partial charge is 0.280 e. The Hall–Kier alpha value is -3.23. The fourth-order valence-electron chi connectivity index (χ4n) is 2.56. The quantitative estimate of drug-likeness (QED) is 0.346. The highest BCUT2D eigenvalue weighted by molar-refractivity contribution is 6.32. The van der Waals surface area contributed by atoms with Gasteiger partial charge in [-0.2, -0.15) is 10.1 Å². The van der Waals surface area contributed by atoms with Gasteiger partial charge in [0.25, 0.3) is 5.91 Å². The van der Waals surface area contributed by atoms with Gasteiger partial charge in [0.15, 0.2) is 23.3 Å². The fraction of sp³-hybridized carbons (Fsp3) is 0.111. The molecule has 0 saturated heterocycles. The molecule has 27 heavy (non-hydrogen) atoms. The minimum Gasteiger partial charge on any atom is -0.496 e. The second-order valence-corrected chi connectivity index (χ2v) is 5.52. The summed E-state index contributed by atoms with van der Waals surface area (Å²) in [6.07, 6.45) is 1.35. The number of halogens is 5. The zero-order valence-electron chi connectivity index (χ0n) is 14.0. The number of carbonyl (C=O) groups is 1. The molecule has 0 aliphatic carbocycles. The molecular weight excluding hydrogens is 371 g/mol. The van der Waals surface area contributed by atoms with Gasteiger partial charge in [-0.15, -0.1) is 0 Å². The van der Waals surface area contributed by atoms with Gasteiger partial charge >= 0.3 is 0 Å². The number of hydrogen-bond donors (Lipinski definition) is 0. The maximum absolute atomic E-state index is 14.0. The standard InChI is InChI=1S/C18H11F5N2O2/c1-8-10(7-9-5-3-4-6-11(9)27-2)18(26)25(24-8)17-15(22)13(20)12(19)14(21)16(17)23/h3-7H,1-2H3/b10-7+. The lowest BCUT2D eigenvalue weighted by atomic mass is 10.1. The lowest BCUT2D eigenvalue weighted by molar-refractivity contribution is -0.114. The lowest BCUT2D eigenvalue weighted by Gasteiger charge is -2.15. The van der Waals surface area contributed by atoms with Crippen LogP contribution in [-0.4, -0.2) is 18.7 Å². The molecule has 0 unspecified atom stereocenters. The van der Waals surface area contributed by atoms with Crippen LogP contribution in [0, 0.1) is 29.1 Å². The summed E-state index contributed by atoms with van der Waals surface area (Å²) in [5.41, 5.74) is -1.00. The molecule has 0 atom stereocenters. The van der Waals surface area contributed by atoms with Crippen molar-refractivity contribution in [3.63, 3.8) is 0 Å². The van der Waals surface area contributed by atoms with Gasteiger partial charge in [-0.25, -0.2) is 22.0 Å². The van der Waals surface area contributed by atoms with E-state index in [1.54, 1.807) is 24.3 Å². The minimum absolute atomic E-state index is 0.0369. The van der Waals surface area contributed by atoms with Crippen LogP contribution in [0.3, 0.4) is 0 Å². The molecule has 2 aromatic carbocycles. The predicted molar refractivity (Wildman–Crippen MR) is 87.8 cm³/mol. The van der Waals surface area contributed by atoms with Crippen molar-refractivity contribution >= 4 is 23.4 Å². The third-order valence-corrected chi connectivity index (χ3v) is 3.90. The van der Waals surface area contributed by atoms with E-state index < -0.39 is 40.7 Å². The van der Waals surface area contributed by atoms with Gasteiger partial charge < -0.3 is 4.74 Å². The lowest BCUT2D eigenvalue weighted by Crippen LogP contribution is -2.25. The Morgan fingerprint density at radius 1 is 0.963 bits per heavy atom. The Morgan fingerprint density at radius 2 is 1.52 bits per heavy atom. The Balaban J connectivity index is 2.11. The third kappa shape index (κ3) is 2.94. The normalized spacial score (nSPS) is 15.5. The number of para-hydroxylation sites is 1. The van der Waals surface area contributed by atoms with Crippen LogP contribution < -0.4 is 9.75 Å². The molecule has 1 aliphatic heterocycles. The molecule has 140 valence electrons. The largest absolute Gasteiger partial charge is 0.496 e. The molecule has 2 aromatic rings. The zero-order valence-corrected chi connectivity index (χ0v) is 14.0. The summed E-state index contributed by atoms with van der Waals surface area (Å²) in [6, 6.07) is 6.61. The number of hydrogen-bond acceptors (Lipinski definition) is 3. The average molecular weight is 382 g/mol. The summed E-state index contributed by atoms with van der Waals surface area (Å²) in [4.78, 5) is 12.6. The van der Waals surface area contributed by atoms with E-state index in [1.165, 1.54) is 20.1 Å². The van der Waals surface area contributed by atoms with Crippen LogP contribution in [0.5, 0.6) is 5.75 Å².